The Kier molecular flexibility index (Phi) is 8.01. The van der Waals surface area contributed by atoms with Crippen molar-refractivity contribution in [3.8, 4) is 67.5 Å². The molecule has 2 aromatic heterocycles. The number of fused-ring (bicyclic) bond motifs is 5. The number of hydrogen-bond donors (Lipinski definition) is 0. The van der Waals surface area contributed by atoms with Gasteiger partial charge in [0, 0.05) is 36.9 Å². The Labute approximate surface area is 334 Å². The zero-order valence-corrected chi connectivity index (χ0v) is 31.6. The van der Waals surface area contributed by atoms with Crippen molar-refractivity contribution in [2.45, 2.75) is 0 Å². The molecule has 266 valence electrons. The molecule has 0 N–H and O–H groups in total. The Morgan fingerprint density at radius 3 is 1.54 bits per heavy atom. The summed E-state index contributed by atoms with van der Waals surface area (Å²) in [6.07, 6.45) is 0. The third kappa shape index (κ3) is 5.95. The van der Waals surface area contributed by atoms with E-state index in [0.717, 1.165) is 27.8 Å². The Morgan fingerprint density at radius 2 is 0.789 bits per heavy atom. The summed E-state index contributed by atoms with van der Waals surface area (Å²) in [5.74, 6) is 1.95. The molecule has 3 nitrogen and oxygen atoms in total. The van der Waals surface area contributed by atoms with Crippen LogP contribution in [0.4, 0.5) is 0 Å². The second-order valence-electron chi connectivity index (χ2n) is 14.4. The summed E-state index contributed by atoms with van der Waals surface area (Å²) in [6, 6.07) is 71.1. The fourth-order valence-electron chi connectivity index (χ4n) is 8.10. The standard InChI is InChI=1S/C53H33N3S/c1-2-12-36(13-3-1)48-33-41(32-40-15-5-7-18-44(40)48)34-24-28-38(29-25-34)51-54-52(39-30-26-37(27-31-39)43-20-10-16-35-14-4-6-17-42(35)43)56-53(55-51)47-22-11-21-46-45-19-8-9-23-49(45)57-50(46)47/h1-33H. The van der Waals surface area contributed by atoms with Crippen LogP contribution in [0.1, 0.15) is 0 Å². The van der Waals surface area contributed by atoms with Gasteiger partial charge in [0.25, 0.3) is 0 Å². The maximum absolute atomic E-state index is 5.20. The van der Waals surface area contributed by atoms with Crippen molar-refractivity contribution in [2.75, 3.05) is 0 Å². The van der Waals surface area contributed by atoms with Crippen molar-refractivity contribution in [3.63, 3.8) is 0 Å². The topological polar surface area (TPSA) is 38.7 Å². The lowest BCUT2D eigenvalue weighted by atomic mass is 9.93. The average molecular weight is 744 g/mol. The molecule has 57 heavy (non-hydrogen) atoms. The highest BCUT2D eigenvalue weighted by Crippen LogP contribution is 2.40. The first-order chi connectivity index (χ1) is 28.2. The summed E-state index contributed by atoms with van der Waals surface area (Å²) in [4.78, 5) is 15.5. The molecule has 9 aromatic carbocycles. The molecule has 0 bridgehead atoms. The Balaban J connectivity index is 1.03. The van der Waals surface area contributed by atoms with Gasteiger partial charge in [-0.1, -0.05) is 176 Å². The summed E-state index contributed by atoms with van der Waals surface area (Å²) >= 11 is 1.79. The molecule has 0 saturated heterocycles. The molecule has 4 heteroatoms. The molecule has 0 fully saturated rings. The van der Waals surface area contributed by atoms with Gasteiger partial charge in [-0.15, -0.1) is 11.3 Å². The van der Waals surface area contributed by atoms with Crippen LogP contribution in [0.2, 0.25) is 0 Å². The molecule has 0 spiro atoms. The Bertz CT molecular complexity index is 3270. The molecule has 0 unspecified atom stereocenters. The van der Waals surface area contributed by atoms with Gasteiger partial charge in [0.05, 0.1) is 0 Å². The van der Waals surface area contributed by atoms with E-state index in [-0.39, 0.29) is 0 Å². The number of nitrogens with zero attached hydrogens (tertiary/aromatic N) is 3. The molecule has 0 atom stereocenters. The van der Waals surface area contributed by atoms with Crippen molar-refractivity contribution in [1.29, 1.82) is 0 Å². The van der Waals surface area contributed by atoms with Crippen LogP contribution in [0, 0.1) is 0 Å². The van der Waals surface area contributed by atoms with E-state index in [1.54, 1.807) is 11.3 Å². The van der Waals surface area contributed by atoms with Gasteiger partial charge in [-0.05, 0) is 79.2 Å². The van der Waals surface area contributed by atoms with Gasteiger partial charge >= 0.3 is 0 Å². The van der Waals surface area contributed by atoms with Crippen LogP contribution >= 0.6 is 11.3 Å². The van der Waals surface area contributed by atoms with Crippen LogP contribution in [0.25, 0.3) is 109 Å². The number of rotatable bonds is 6. The first kappa shape index (κ1) is 33.1. The van der Waals surface area contributed by atoms with Gasteiger partial charge in [-0.3, -0.25) is 0 Å². The van der Waals surface area contributed by atoms with E-state index in [1.165, 1.54) is 64.0 Å². The maximum atomic E-state index is 5.20. The smallest absolute Gasteiger partial charge is 0.165 e. The number of thiophene rings is 1. The SMILES string of the molecule is c1ccc(-c2cc(-c3ccc(-c4nc(-c5ccc(-c6cccc7ccccc67)cc5)nc(-c5cccc6c5sc5ccccc56)n4)cc3)cc3ccccc23)cc1. The number of benzene rings is 9. The van der Waals surface area contributed by atoms with E-state index >= 15 is 0 Å². The molecule has 0 saturated carbocycles. The van der Waals surface area contributed by atoms with Crippen LogP contribution in [0.15, 0.2) is 200 Å². The lowest BCUT2D eigenvalue weighted by Crippen LogP contribution is -2.00. The van der Waals surface area contributed by atoms with Crippen molar-refractivity contribution in [2.24, 2.45) is 0 Å². The fourth-order valence-corrected chi connectivity index (χ4v) is 9.31. The molecule has 2 heterocycles. The zero-order valence-electron chi connectivity index (χ0n) is 30.8. The first-order valence-electron chi connectivity index (χ1n) is 19.2. The molecule has 11 aromatic rings. The highest BCUT2D eigenvalue weighted by molar-refractivity contribution is 7.26. The van der Waals surface area contributed by atoms with Crippen LogP contribution in [0.3, 0.4) is 0 Å². The normalized spacial score (nSPS) is 11.5. The Morgan fingerprint density at radius 1 is 0.281 bits per heavy atom. The van der Waals surface area contributed by atoms with E-state index in [1.807, 2.05) is 0 Å². The van der Waals surface area contributed by atoms with E-state index in [4.69, 9.17) is 15.0 Å². The summed E-state index contributed by atoms with van der Waals surface area (Å²) in [7, 11) is 0. The third-order valence-corrected chi connectivity index (χ3v) is 12.2. The van der Waals surface area contributed by atoms with Gasteiger partial charge < -0.3 is 0 Å². The van der Waals surface area contributed by atoms with Crippen molar-refractivity contribution in [3.05, 3.63) is 200 Å². The third-order valence-electron chi connectivity index (χ3n) is 10.9. The van der Waals surface area contributed by atoms with Gasteiger partial charge in [0.15, 0.2) is 17.5 Å². The molecule has 0 amide bonds. The number of hydrogen-bond acceptors (Lipinski definition) is 4. The molecule has 11 rings (SSSR count). The molecule has 0 aliphatic rings. The van der Waals surface area contributed by atoms with Gasteiger partial charge in [0.1, 0.15) is 0 Å². The Hall–Kier alpha value is -7.27. The zero-order chi connectivity index (χ0) is 37.7. The van der Waals surface area contributed by atoms with Gasteiger partial charge in [-0.2, -0.15) is 0 Å². The van der Waals surface area contributed by atoms with Crippen LogP contribution < -0.4 is 0 Å². The van der Waals surface area contributed by atoms with Crippen molar-refractivity contribution >= 4 is 53.1 Å². The lowest BCUT2D eigenvalue weighted by Gasteiger charge is -2.12. The molecular weight excluding hydrogens is 711 g/mol. The van der Waals surface area contributed by atoms with Gasteiger partial charge in [-0.25, -0.2) is 15.0 Å². The minimum absolute atomic E-state index is 0.640. The van der Waals surface area contributed by atoms with Crippen molar-refractivity contribution in [1.82, 2.24) is 15.0 Å². The fraction of sp³-hybridized carbons (Fsp3) is 0. The summed E-state index contributed by atoms with van der Waals surface area (Å²) in [5.41, 5.74) is 9.96. The summed E-state index contributed by atoms with van der Waals surface area (Å²) < 4.78 is 2.42. The van der Waals surface area contributed by atoms with E-state index in [0.29, 0.717) is 17.5 Å². The van der Waals surface area contributed by atoms with E-state index in [9.17, 15) is 0 Å². The average Bonchev–Trinajstić information content (AvgIpc) is 3.68. The lowest BCUT2D eigenvalue weighted by molar-refractivity contribution is 1.08. The summed E-state index contributed by atoms with van der Waals surface area (Å²) in [5, 5.41) is 7.38. The van der Waals surface area contributed by atoms with Crippen LogP contribution in [-0.4, -0.2) is 15.0 Å². The molecule has 0 aliphatic carbocycles. The monoisotopic (exact) mass is 743 g/mol. The second-order valence-corrected chi connectivity index (χ2v) is 15.4. The van der Waals surface area contributed by atoms with Gasteiger partial charge in [0.2, 0.25) is 0 Å². The minimum Gasteiger partial charge on any atom is -0.208 e. The predicted molar refractivity (Wildman–Crippen MR) is 240 cm³/mol. The minimum atomic E-state index is 0.640. The highest BCUT2D eigenvalue weighted by Gasteiger charge is 2.17. The number of aromatic nitrogens is 3. The maximum Gasteiger partial charge on any atom is 0.165 e. The highest BCUT2D eigenvalue weighted by atomic mass is 32.1. The van der Waals surface area contributed by atoms with E-state index in [2.05, 4.69) is 200 Å². The van der Waals surface area contributed by atoms with Crippen LogP contribution in [0.5, 0.6) is 0 Å². The summed E-state index contributed by atoms with van der Waals surface area (Å²) in [6.45, 7) is 0. The molecular formula is C53H33N3S. The predicted octanol–water partition coefficient (Wildman–Crippen LogP) is 14.5. The first-order valence-corrected chi connectivity index (χ1v) is 20.0. The quantitative estimate of drug-likeness (QED) is 0.170. The van der Waals surface area contributed by atoms with Crippen LogP contribution in [-0.2, 0) is 0 Å². The van der Waals surface area contributed by atoms with Crippen molar-refractivity contribution < 1.29 is 0 Å². The molecule has 0 aliphatic heterocycles. The van der Waals surface area contributed by atoms with E-state index < -0.39 is 0 Å². The largest absolute Gasteiger partial charge is 0.208 e. The molecule has 0 radical (unpaired) electrons. The second kappa shape index (κ2) is 13.8.